The number of hydrogen-bond acceptors (Lipinski definition) is 2. The van der Waals surface area contributed by atoms with Crippen molar-refractivity contribution in [3.8, 4) is 5.75 Å². The van der Waals surface area contributed by atoms with E-state index in [0.717, 1.165) is 38.1 Å². The van der Waals surface area contributed by atoms with Gasteiger partial charge in [-0.2, -0.15) is 0 Å². The number of nitrogens with zero attached hydrogens (tertiary/aromatic N) is 1. The van der Waals surface area contributed by atoms with Gasteiger partial charge in [0, 0.05) is 19.5 Å². The number of ether oxygens (including phenoxy) is 1. The number of allylic oxidation sites excluding steroid dienone is 1. The van der Waals surface area contributed by atoms with Crippen LogP contribution in [0, 0.1) is 0 Å². The summed E-state index contributed by atoms with van der Waals surface area (Å²) in [5.74, 6) is 1.22. The molecule has 0 unspecified atom stereocenters. The van der Waals surface area contributed by atoms with Gasteiger partial charge in [-0.1, -0.05) is 54.6 Å². The van der Waals surface area contributed by atoms with Gasteiger partial charge in [0.2, 0.25) is 5.91 Å². The zero-order valence-electron chi connectivity index (χ0n) is 16.0. The predicted molar refractivity (Wildman–Crippen MR) is 111 cm³/mol. The summed E-state index contributed by atoms with van der Waals surface area (Å²) in [5.41, 5.74) is 2.35. The van der Waals surface area contributed by atoms with E-state index in [2.05, 4.69) is 36.4 Å². The molecule has 0 N–H and O–H groups in total. The van der Waals surface area contributed by atoms with Crippen molar-refractivity contribution in [1.29, 1.82) is 0 Å². The fourth-order valence-corrected chi connectivity index (χ4v) is 3.30. The maximum absolute atomic E-state index is 12.0. The molecular weight excluding hydrogens is 334 g/mol. The van der Waals surface area contributed by atoms with Crippen LogP contribution in [-0.4, -0.2) is 23.9 Å². The van der Waals surface area contributed by atoms with Crippen molar-refractivity contribution in [1.82, 2.24) is 4.90 Å². The highest BCUT2D eigenvalue weighted by atomic mass is 16.5. The first-order valence-electron chi connectivity index (χ1n) is 10.0. The number of likely N-dealkylation sites (tertiary alicyclic amines) is 1. The number of carbonyl (C=O) groups is 1. The zero-order chi connectivity index (χ0) is 18.7. The van der Waals surface area contributed by atoms with E-state index in [4.69, 9.17) is 4.74 Å². The van der Waals surface area contributed by atoms with Crippen LogP contribution in [0.15, 0.2) is 60.7 Å². The molecule has 1 saturated heterocycles. The molecule has 1 aliphatic rings. The molecule has 0 spiro atoms. The van der Waals surface area contributed by atoms with E-state index in [-0.39, 0.29) is 0 Å². The van der Waals surface area contributed by atoms with Crippen LogP contribution >= 0.6 is 0 Å². The molecule has 0 radical (unpaired) electrons. The van der Waals surface area contributed by atoms with E-state index >= 15 is 0 Å². The standard InChI is InChI=1S/C24H29NO2/c26-24(25-18-8-9-19-25)13-7-2-1-4-10-21-14-16-23(17-15-21)27-20-22-11-5-3-6-12-22/h3-6,10-12,14-17H,1-2,7-9,13,18-20H2/b10-4+. The third-order valence-electron chi connectivity index (χ3n) is 4.91. The Morgan fingerprint density at radius 3 is 2.44 bits per heavy atom. The normalized spacial score (nSPS) is 14.0. The van der Waals surface area contributed by atoms with Crippen LogP contribution in [0.25, 0.3) is 6.08 Å². The van der Waals surface area contributed by atoms with Crippen LogP contribution in [0.1, 0.15) is 49.7 Å². The Balaban J connectivity index is 1.32. The number of hydrogen-bond donors (Lipinski definition) is 0. The summed E-state index contributed by atoms with van der Waals surface area (Å²) < 4.78 is 5.81. The molecule has 142 valence electrons. The molecule has 0 atom stereocenters. The van der Waals surface area contributed by atoms with Gasteiger partial charge in [-0.05, 0) is 55.4 Å². The van der Waals surface area contributed by atoms with Gasteiger partial charge in [-0.15, -0.1) is 0 Å². The predicted octanol–water partition coefficient (Wildman–Crippen LogP) is 5.46. The summed E-state index contributed by atoms with van der Waals surface area (Å²) >= 11 is 0. The van der Waals surface area contributed by atoms with Crippen LogP contribution in [0.5, 0.6) is 5.75 Å². The van der Waals surface area contributed by atoms with Crippen molar-refractivity contribution < 1.29 is 9.53 Å². The third kappa shape index (κ3) is 6.59. The van der Waals surface area contributed by atoms with Gasteiger partial charge in [0.25, 0.3) is 0 Å². The molecule has 2 aromatic carbocycles. The molecule has 1 aliphatic heterocycles. The average molecular weight is 364 g/mol. The van der Waals surface area contributed by atoms with Crippen LogP contribution in [0.4, 0.5) is 0 Å². The summed E-state index contributed by atoms with van der Waals surface area (Å²) in [6.07, 6.45) is 10.4. The summed E-state index contributed by atoms with van der Waals surface area (Å²) in [7, 11) is 0. The average Bonchev–Trinajstić information content (AvgIpc) is 3.25. The van der Waals surface area contributed by atoms with Gasteiger partial charge in [-0.3, -0.25) is 4.79 Å². The number of benzene rings is 2. The quantitative estimate of drug-likeness (QED) is 0.554. The van der Waals surface area contributed by atoms with Gasteiger partial charge in [-0.25, -0.2) is 0 Å². The van der Waals surface area contributed by atoms with Crippen molar-refractivity contribution in [3.63, 3.8) is 0 Å². The molecule has 3 rings (SSSR count). The molecule has 27 heavy (non-hydrogen) atoms. The number of unbranched alkanes of at least 4 members (excludes halogenated alkanes) is 2. The first-order chi connectivity index (χ1) is 13.3. The second kappa shape index (κ2) is 10.6. The van der Waals surface area contributed by atoms with Crippen molar-refractivity contribution in [2.75, 3.05) is 13.1 Å². The summed E-state index contributed by atoms with van der Waals surface area (Å²) in [5, 5.41) is 0. The summed E-state index contributed by atoms with van der Waals surface area (Å²) in [6.45, 7) is 2.51. The van der Waals surface area contributed by atoms with Crippen molar-refractivity contribution in [2.45, 2.75) is 45.1 Å². The van der Waals surface area contributed by atoms with E-state index in [1.807, 2.05) is 35.2 Å². The molecule has 0 aliphatic carbocycles. The molecule has 0 bridgehead atoms. The third-order valence-corrected chi connectivity index (χ3v) is 4.91. The first-order valence-corrected chi connectivity index (χ1v) is 10.0. The van der Waals surface area contributed by atoms with E-state index in [9.17, 15) is 4.79 Å². The SMILES string of the molecule is O=C(CCCC/C=C/c1ccc(OCc2ccccc2)cc1)N1CCCC1. The fourth-order valence-electron chi connectivity index (χ4n) is 3.30. The highest BCUT2D eigenvalue weighted by molar-refractivity contribution is 5.76. The molecule has 2 aromatic rings. The molecule has 3 heteroatoms. The second-order valence-electron chi connectivity index (χ2n) is 7.08. The monoisotopic (exact) mass is 363 g/mol. The van der Waals surface area contributed by atoms with Crippen LogP contribution in [-0.2, 0) is 11.4 Å². The minimum Gasteiger partial charge on any atom is -0.489 e. The van der Waals surface area contributed by atoms with Crippen molar-refractivity contribution in [3.05, 3.63) is 71.8 Å². The lowest BCUT2D eigenvalue weighted by Gasteiger charge is -2.14. The van der Waals surface area contributed by atoms with Crippen LogP contribution in [0.3, 0.4) is 0 Å². The Labute approximate surface area is 162 Å². The first kappa shape index (κ1) is 19.2. The Morgan fingerprint density at radius 1 is 0.963 bits per heavy atom. The van der Waals surface area contributed by atoms with Crippen LogP contribution < -0.4 is 4.74 Å². The Morgan fingerprint density at radius 2 is 1.70 bits per heavy atom. The second-order valence-corrected chi connectivity index (χ2v) is 7.08. The number of carbonyl (C=O) groups excluding carboxylic acids is 1. The highest BCUT2D eigenvalue weighted by Crippen LogP contribution is 2.16. The van der Waals surface area contributed by atoms with E-state index < -0.39 is 0 Å². The highest BCUT2D eigenvalue weighted by Gasteiger charge is 2.16. The molecule has 3 nitrogen and oxygen atoms in total. The molecule has 1 heterocycles. The molecular formula is C24H29NO2. The Hall–Kier alpha value is -2.55. The van der Waals surface area contributed by atoms with E-state index in [1.165, 1.54) is 24.0 Å². The topological polar surface area (TPSA) is 29.5 Å². The lowest BCUT2D eigenvalue weighted by molar-refractivity contribution is -0.130. The minimum absolute atomic E-state index is 0.336. The minimum atomic E-state index is 0.336. The van der Waals surface area contributed by atoms with Gasteiger partial charge < -0.3 is 9.64 Å². The van der Waals surface area contributed by atoms with E-state index in [1.54, 1.807) is 0 Å². The molecule has 0 aromatic heterocycles. The van der Waals surface area contributed by atoms with E-state index in [0.29, 0.717) is 18.9 Å². The van der Waals surface area contributed by atoms with Crippen molar-refractivity contribution >= 4 is 12.0 Å². The largest absolute Gasteiger partial charge is 0.489 e. The number of rotatable bonds is 9. The molecule has 0 saturated carbocycles. The molecule has 1 amide bonds. The van der Waals surface area contributed by atoms with Gasteiger partial charge >= 0.3 is 0 Å². The van der Waals surface area contributed by atoms with Gasteiger partial charge in [0.1, 0.15) is 12.4 Å². The Kier molecular flexibility index (Phi) is 7.52. The summed E-state index contributed by atoms with van der Waals surface area (Å²) in [6, 6.07) is 18.4. The lowest BCUT2D eigenvalue weighted by atomic mass is 10.1. The maximum atomic E-state index is 12.0. The van der Waals surface area contributed by atoms with Gasteiger partial charge in [0.15, 0.2) is 0 Å². The smallest absolute Gasteiger partial charge is 0.222 e. The van der Waals surface area contributed by atoms with Gasteiger partial charge in [0.05, 0.1) is 0 Å². The number of amides is 1. The lowest BCUT2D eigenvalue weighted by Crippen LogP contribution is -2.27. The van der Waals surface area contributed by atoms with Crippen LogP contribution in [0.2, 0.25) is 0 Å². The summed E-state index contributed by atoms with van der Waals surface area (Å²) in [4.78, 5) is 14.0. The molecule has 1 fully saturated rings. The zero-order valence-corrected chi connectivity index (χ0v) is 16.0. The maximum Gasteiger partial charge on any atom is 0.222 e. The fraction of sp³-hybridized carbons (Fsp3) is 0.375. The van der Waals surface area contributed by atoms with Crippen molar-refractivity contribution in [2.24, 2.45) is 0 Å². The Bertz CT molecular complexity index is 716.